The highest BCUT2D eigenvalue weighted by Gasteiger charge is 2.14. The van der Waals surface area contributed by atoms with Crippen LogP contribution in [0.1, 0.15) is 29.9 Å². The zero-order valence-electron chi connectivity index (χ0n) is 8.25. The van der Waals surface area contributed by atoms with Crippen molar-refractivity contribution in [3.05, 3.63) is 17.0 Å². The van der Waals surface area contributed by atoms with E-state index < -0.39 is 5.38 Å². The second-order valence-corrected chi connectivity index (χ2v) is 6.08. The lowest BCUT2D eigenvalue weighted by molar-refractivity contribution is 0.0995. The molecule has 1 heterocycles. The molecule has 0 aliphatic carbocycles. The van der Waals surface area contributed by atoms with Gasteiger partial charge in [0.1, 0.15) is 0 Å². The summed E-state index contributed by atoms with van der Waals surface area (Å²) < 4.78 is 1.20. The van der Waals surface area contributed by atoms with Crippen molar-refractivity contribution in [2.24, 2.45) is 0 Å². The van der Waals surface area contributed by atoms with Crippen LogP contribution in [-0.4, -0.2) is 16.9 Å². The Balaban J connectivity index is 2.63. The number of hydrogen-bond donors (Lipinski definition) is 0. The first-order valence-electron chi connectivity index (χ1n) is 4.56. The summed E-state index contributed by atoms with van der Waals surface area (Å²) in [7, 11) is 0. The first kappa shape index (κ1) is 12.1. The quantitative estimate of drug-likeness (QED) is 0.444. The summed E-state index contributed by atoms with van der Waals surface area (Å²) in [5, 5.41) is -0.419. The van der Waals surface area contributed by atoms with Gasteiger partial charge in [0.05, 0.1) is 14.5 Å². The van der Waals surface area contributed by atoms with Gasteiger partial charge >= 0.3 is 0 Å². The standard InChI is InChI=1S/C10H13ClOS2/c1-3-6-13-9-5-4-8(14-9)10(12)7(2)11/h4-5,7H,3,6H2,1-2H3. The van der Waals surface area contributed by atoms with E-state index >= 15 is 0 Å². The Labute approximate surface area is 97.8 Å². The van der Waals surface area contributed by atoms with Crippen molar-refractivity contribution in [1.82, 2.24) is 0 Å². The Morgan fingerprint density at radius 2 is 2.36 bits per heavy atom. The number of thiophene rings is 1. The fraction of sp³-hybridized carbons (Fsp3) is 0.500. The van der Waals surface area contributed by atoms with Crippen LogP contribution in [0.3, 0.4) is 0 Å². The van der Waals surface area contributed by atoms with Crippen LogP contribution in [0.4, 0.5) is 0 Å². The number of ketones is 1. The number of alkyl halides is 1. The molecule has 0 N–H and O–H groups in total. The minimum atomic E-state index is -0.419. The van der Waals surface area contributed by atoms with Gasteiger partial charge in [-0.15, -0.1) is 34.7 Å². The second-order valence-electron chi connectivity index (χ2n) is 2.95. The van der Waals surface area contributed by atoms with Crippen LogP contribution in [-0.2, 0) is 0 Å². The van der Waals surface area contributed by atoms with Gasteiger partial charge in [0, 0.05) is 0 Å². The van der Waals surface area contributed by atoms with Crippen LogP contribution in [0, 0.1) is 0 Å². The smallest absolute Gasteiger partial charge is 0.190 e. The molecule has 1 atom stereocenters. The molecule has 1 aromatic heterocycles. The van der Waals surface area contributed by atoms with E-state index in [1.807, 2.05) is 12.1 Å². The van der Waals surface area contributed by atoms with Crippen LogP contribution in [0.5, 0.6) is 0 Å². The lowest BCUT2D eigenvalue weighted by Gasteiger charge is -1.97. The number of thioether (sulfide) groups is 1. The molecule has 0 aliphatic rings. The van der Waals surface area contributed by atoms with E-state index in [9.17, 15) is 4.79 Å². The number of hydrogen-bond acceptors (Lipinski definition) is 3. The Kier molecular flexibility index (Phi) is 4.99. The summed E-state index contributed by atoms with van der Waals surface area (Å²) in [5.41, 5.74) is 0. The van der Waals surface area contributed by atoms with Gasteiger partial charge in [-0.05, 0) is 31.2 Å². The van der Waals surface area contributed by atoms with E-state index in [1.165, 1.54) is 15.5 Å². The zero-order chi connectivity index (χ0) is 10.6. The molecule has 0 spiro atoms. The average Bonchev–Trinajstić information content (AvgIpc) is 2.61. The van der Waals surface area contributed by atoms with Crippen molar-refractivity contribution < 1.29 is 4.79 Å². The normalized spacial score (nSPS) is 12.8. The maximum absolute atomic E-state index is 11.5. The number of rotatable bonds is 5. The van der Waals surface area contributed by atoms with Gasteiger partial charge in [-0.25, -0.2) is 0 Å². The highest BCUT2D eigenvalue weighted by Crippen LogP contribution is 2.28. The summed E-state index contributed by atoms with van der Waals surface area (Å²) in [5.74, 6) is 1.13. The molecule has 0 aliphatic heterocycles. The Morgan fingerprint density at radius 1 is 1.64 bits per heavy atom. The number of carbonyl (C=O) groups is 1. The van der Waals surface area contributed by atoms with E-state index in [0.717, 1.165) is 17.1 Å². The first-order valence-corrected chi connectivity index (χ1v) is 6.80. The second kappa shape index (κ2) is 5.79. The molecule has 0 saturated carbocycles. The highest BCUT2D eigenvalue weighted by atomic mass is 35.5. The Bertz CT molecular complexity index is 307. The topological polar surface area (TPSA) is 17.1 Å². The summed E-state index contributed by atoms with van der Waals surface area (Å²) >= 11 is 9.06. The third-order valence-corrected chi connectivity index (χ3v) is 4.36. The fourth-order valence-electron chi connectivity index (χ4n) is 0.929. The summed E-state index contributed by atoms with van der Waals surface area (Å²) in [6.07, 6.45) is 1.15. The maximum Gasteiger partial charge on any atom is 0.190 e. The van der Waals surface area contributed by atoms with Gasteiger partial charge in [-0.2, -0.15) is 0 Å². The van der Waals surface area contributed by atoms with Crippen molar-refractivity contribution in [3.63, 3.8) is 0 Å². The minimum Gasteiger partial charge on any atom is -0.292 e. The molecule has 0 saturated heterocycles. The highest BCUT2D eigenvalue weighted by molar-refractivity contribution is 8.01. The predicted molar refractivity (Wildman–Crippen MR) is 65.0 cm³/mol. The molecule has 0 radical (unpaired) electrons. The van der Waals surface area contributed by atoms with Crippen molar-refractivity contribution in [2.45, 2.75) is 29.9 Å². The van der Waals surface area contributed by atoms with Crippen LogP contribution in [0.15, 0.2) is 16.3 Å². The third-order valence-electron chi connectivity index (χ3n) is 1.63. The average molecular weight is 249 g/mol. The fourth-order valence-corrected chi connectivity index (χ4v) is 3.20. The van der Waals surface area contributed by atoms with E-state index in [0.29, 0.717) is 0 Å². The molecule has 4 heteroatoms. The molecule has 0 fully saturated rings. The van der Waals surface area contributed by atoms with Crippen LogP contribution < -0.4 is 0 Å². The van der Waals surface area contributed by atoms with Crippen LogP contribution in [0.2, 0.25) is 0 Å². The molecule has 14 heavy (non-hydrogen) atoms. The van der Waals surface area contributed by atoms with E-state index in [1.54, 1.807) is 18.7 Å². The van der Waals surface area contributed by atoms with Gasteiger partial charge in [0.15, 0.2) is 5.78 Å². The van der Waals surface area contributed by atoms with Crippen molar-refractivity contribution >= 4 is 40.5 Å². The molecule has 1 aromatic rings. The SMILES string of the molecule is CCCSc1ccc(C(=O)C(C)Cl)s1. The lowest BCUT2D eigenvalue weighted by Crippen LogP contribution is -2.07. The molecule has 78 valence electrons. The number of Topliss-reactive ketones (excluding diaryl/α,β-unsaturated/α-hetero) is 1. The number of carbonyl (C=O) groups excluding carboxylic acids is 1. The molecule has 0 bridgehead atoms. The first-order chi connectivity index (χ1) is 6.65. The van der Waals surface area contributed by atoms with Crippen molar-refractivity contribution in [3.8, 4) is 0 Å². The molecular formula is C10H13ClOS2. The van der Waals surface area contributed by atoms with Gasteiger partial charge in [0.25, 0.3) is 0 Å². The molecule has 0 aromatic carbocycles. The minimum absolute atomic E-state index is 0.0278. The van der Waals surface area contributed by atoms with Crippen LogP contribution in [0.25, 0.3) is 0 Å². The monoisotopic (exact) mass is 248 g/mol. The molecule has 0 amide bonds. The van der Waals surface area contributed by atoms with Gasteiger partial charge in [-0.1, -0.05) is 6.92 Å². The summed E-state index contributed by atoms with van der Waals surface area (Å²) in [6.45, 7) is 3.86. The largest absolute Gasteiger partial charge is 0.292 e. The Hall–Kier alpha value is 0.01000. The van der Waals surface area contributed by atoms with E-state index in [2.05, 4.69) is 6.92 Å². The molecular weight excluding hydrogens is 236 g/mol. The van der Waals surface area contributed by atoms with Gasteiger partial charge < -0.3 is 0 Å². The third kappa shape index (κ3) is 3.30. The van der Waals surface area contributed by atoms with Gasteiger partial charge in [0.2, 0.25) is 0 Å². The summed E-state index contributed by atoms with van der Waals surface area (Å²) in [4.78, 5) is 12.3. The van der Waals surface area contributed by atoms with E-state index in [-0.39, 0.29) is 5.78 Å². The number of halogens is 1. The molecule has 1 rings (SSSR count). The zero-order valence-corrected chi connectivity index (χ0v) is 10.6. The van der Waals surface area contributed by atoms with Crippen LogP contribution >= 0.6 is 34.7 Å². The predicted octanol–water partition coefficient (Wildman–Crippen LogP) is 4.06. The molecule has 1 unspecified atom stereocenters. The summed E-state index contributed by atoms with van der Waals surface area (Å²) in [6, 6.07) is 3.86. The van der Waals surface area contributed by atoms with Crippen molar-refractivity contribution in [1.29, 1.82) is 0 Å². The maximum atomic E-state index is 11.5. The Morgan fingerprint density at radius 3 is 2.93 bits per heavy atom. The lowest BCUT2D eigenvalue weighted by atomic mass is 10.2. The van der Waals surface area contributed by atoms with E-state index in [4.69, 9.17) is 11.6 Å². The van der Waals surface area contributed by atoms with Crippen molar-refractivity contribution in [2.75, 3.05) is 5.75 Å². The molecule has 1 nitrogen and oxygen atoms in total. The van der Waals surface area contributed by atoms with Gasteiger partial charge in [-0.3, -0.25) is 4.79 Å².